The number of aromatic nitrogens is 2. The number of allylic oxidation sites excluding steroid dienone is 5. The van der Waals surface area contributed by atoms with E-state index >= 15 is 0 Å². The largest absolute Gasteiger partial charge is 0.592 e. The molecule has 0 atom stereocenters. The molecule has 1 aliphatic carbocycles. The molecule has 0 fully saturated rings. The lowest BCUT2D eigenvalue weighted by Crippen LogP contribution is -2.11. The summed E-state index contributed by atoms with van der Waals surface area (Å²) in [5, 5.41) is 24.9. The number of primary sulfonamides is 1. The Kier molecular flexibility index (Phi) is 5.67. The number of hydrogen-bond acceptors (Lipinski definition) is 6. The second-order valence-electron chi connectivity index (χ2n) is 6.96. The lowest BCUT2D eigenvalue weighted by atomic mass is 9.95. The normalized spacial score (nSPS) is 15.3. The molecule has 0 amide bonds. The van der Waals surface area contributed by atoms with Crippen molar-refractivity contribution in [2.45, 2.75) is 4.90 Å². The predicted octanol–water partition coefficient (Wildman–Crippen LogP) is 2.98. The number of benzene rings is 2. The highest BCUT2D eigenvalue weighted by molar-refractivity contribution is 7.89. The van der Waals surface area contributed by atoms with Gasteiger partial charge in [-0.15, -0.1) is 0 Å². The lowest BCUT2D eigenvalue weighted by molar-refractivity contribution is 0.510. The van der Waals surface area contributed by atoms with Crippen LogP contribution in [-0.2, 0) is 10.0 Å². The van der Waals surface area contributed by atoms with Crippen LogP contribution in [0, 0.1) is 5.41 Å². The van der Waals surface area contributed by atoms with Crippen molar-refractivity contribution in [3.05, 3.63) is 102 Å². The third-order valence-corrected chi connectivity index (χ3v) is 5.67. The molecule has 0 aliphatic heterocycles. The van der Waals surface area contributed by atoms with E-state index in [1.807, 2.05) is 30.3 Å². The number of hydrogen-bond donors (Lipinski definition) is 3. The van der Waals surface area contributed by atoms with Gasteiger partial charge in [-0.2, -0.15) is 0 Å². The van der Waals surface area contributed by atoms with Gasteiger partial charge in [0.25, 0.3) is 5.76 Å². The van der Waals surface area contributed by atoms with E-state index < -0.39 is 10.0 Å². The molecule has 4 rings (SSSR count). The summed E-state index contributed by atoms with van der Waals surface area (Å²) in [6, 6.07) is 17.0. The van der Waals surface area contributed by atoms with Crippen LogP contribution in [0.15, 0.2) is 95.6 Å². The van der Waals surface area contributed by atoms with Gasteiger partial charge in [0.15, 0.2) is 0 Å². The van der Waals surface area contributed by atoms with Crippen molar-refractivity contribution in [3.63, 3.8) is 0 Å². The Labute approximate surface area is 185 Å². The van der Waals surface area contributed by atoms with Gasteiger partial charge in [0.05, 0.1) is 27.4 Å². The first-order valence-electron chi connectivity index (χ1n) is 9.54. The summed E-state index contributed by atoms with van der Waals surface area (Å²) in [6.45, 7) is 0. The summed E-state index contributed by atoms with van der Waals surface area (Å²) in [5.74, 6) is 0.584. The molecule has 0 saturated heterocycles. The fraction of sp³-hybridized carbons (Fsp3) is 0. The molecule has 6 N–H and O–H groups in total. The minimum Gasteiger partial charge on any atom is -0.592 e. The maximum atomic E-state index is 11.4. The summed E-state index contributed by atoms with van der Waals surface area (Å²) < 4.78 is 22.8. The van der Waals surface area contributed by atoms with E-state index in [-0.39, 0.29) is 16.4 Å². The molecule has 0 saturated carbocycles. The first-order chi connectivity index (χ1) is 15.3. The molecular weight excluding hydrogens is 426 g/mol. The van der Waals surface area contributed by atoms with Gasteiger partial charge < -0.3 is 10.4 Å². The average Bonchev–Trinajstić information content (AvgIpc) is 2.79. The Hall–Kier alpha value is -4.08. The zero-order chi connectivity index (χ0) is 22.7. The van der Waals surface area contributed by atoms with Crippen molar-refractivity contribution in [1.82, 2.24) is 9.97 Å². The molecule has 1 aromatic heterocycles. The van der Waals surface area contributed by atoms with Crippen LogP contribution in [0.5, 0.6) is 0 Å². The molecular formula is C23H20N5O3S+. The molecule has 1 heterocycles. The van der Waals surface area contributed by atoms with Crippen LogP contribution < -0.4 is 10.5 Å². The maximum Gasteiger partial charge on any atom is 0.270 e. The maximum absolute atomic E-state index is 11.4. The number of anilines is 2. The average molecular weight is 447 g/mol. The zero-order valence-corrected chi connectivity index (χ0v) is 17.6. The van der Waals surface area contributed by atoms with E-state index in [2.05, 4.69) is 15.3 Å². The molecule has 160 valence electrons. The van der Waals surface area contributed by atoms with Crippen LogP contribution in [0.3, 0.4) is 0 Å². The molecule has 9 heteroatoms. The van der Waals surface area contributed by atoms with Crippen molar-refractivity contribution in [2.75, 3.05) is 5.32 Å². The number of rotatable bonds is 5. The number of nitrogens with two attached hydrogens (primary N) is 1. The highest BCUT2D eigenvalue weighted by Crippen LogP contribution is 2.27. The molecule has 3 aromatic rings. The first kappa shape index (κ1) is 21.2. The van der Waals surface area contributed by atoms with E-state index in [4.69, 9.17) is 15.7 Å². The van der Waals surface area contributed by atoms with Crippen molar-refractivity contribution < 1.29 is 13.5 Å². The van der Waals surface area contributed by atoms with Crippen molar-refractivity contribution >= 4 is 38.7 Å². The molecule has 8 nitrogen and oxygen atoms in total. The predicted molar refractivity (Wildman–Crippen MR) is 125 cm³/mol. The smallest absolute Gasteiger partial charge is 0.270 e. The minimum atomic E-state index is -3.76. The van der Waals surface area contributed by atoms with Gasteiger partial charge in [-0.25, -0.2) is 23.5 Å². The highest BCUT2D eigenvalue weighted by Gasteiger charge is 2.19. The summed E-state index contributed by atoms with van der Waals surface area (Å²) in [5.41, 5.74) is 3.44. The van der Waals surface area contributed by atoms with Gasteiger partial charge in [-0.1, -0.05) is 24.3 Å². The third kappa shape index (κ3) is 4.64. The van der Waals surface area contributed by atoms with E-state index in [0.717, 1.165) is 11.1 Å². The molecule has 0 spiro atoms. The van der Waals surface area contributed by atoms with Gasteiger partial charge in [0, 0.05) is 17.5 Å². The van der Waals surface area contributed by atoms with Crippen LogP contribution in [0.4, 0.5) is 11.6 Å². The molecule has 2 aromatic carbocycles. The molecule has 0 radical (unpaired) electrons. The number of nitrogens with one attached hydrogen (secondary N) is 2. The monoisotopic (exact) mass is 446 g/mol. The van der Waals surface area contributed by atoms with Crippen LogP contribution in [0.1, 0.15) is 11.3 Å². The third-order valence-electron chi connectivity index (χ3n) is 4.74. The van der Waals surface area contributed by atoms with Crippen molar-refractivity contribution in [3.8, 4) is 0 Å². The van der Waals surface area contributed by atoms with Crippen LogP contribution >= 0.6 is 0 Å². The van der Waals surface area contributed by atoms with Gasteiger partial charge in [-0.3, -0.25) is 5.41 Å². The summed E-state index contributed by atoms with van der Waals surface area (Å²) in [7, 11) is -3.76. The van der Waals surface area contributed by atoms with Gasteiger partial charge in [0.2, 0.25) is 16.0 Å². The first-order valence-corrected chi connectivity index (χ1v) is 11.1. The second kappa shape index (κ2) is 8.58. The second-order valence-corrected chi connectivity index (χ2v) is 8.52. The van der Waals surface area contributed by atoms with E-state index in [0.29, 0.717) is 22.9 Å². The Balaban J connectivity index is 1.63. The van der Waals surface area contributed by atoms with E-state index in [9.17, 15) is 8.42 Å². The Morgan fingerprint density at radius 2 is 1.72 bits per heavy atom. The highest BCUT2D eigenvalue weighted by atomic mass is 32.2. The SMILES string of the molecule is N=C1C=CC(c2ccnc(Nc3ccc(S(N)(=O)=O)cc3)n2)=C/C1=C(/[OH2+])c1ccccc1. The molecule has 1 aliphatic rings. The van der Waals surface area contributed by atoms with Crippen LogP contribution in [0.2, 0.25) is 0 Å². The summed E-state index contributed by atoms with van der Waals surface area (Å²) in [4.78, 5) is 8.74. The van der Waals surface area contributed by atoms with Gasteiger partial charge >= 0.3 is 0 Å². The number of nitrogens with zero attached hydrogens (tertiary/aromatic N) is 2. The number of sulfonamides is 1. The van der Waals surface area contributed by atoms with E-state index in [1.54, 1.807) is 42.6 Å². The Morgan fingerprint density at radius 3 is 2.41 bits per heavy atom. The minimum absolute atomic E-state index is 0.0154. The fourth-order valence-corrected chi connectivity index (χ4v) is 3.62. The van der Waals surface area contributed by atoms with Crippen molar-refractivity contribution in [2.24, 2.45) is 5.14 Å². The topological polar surface area (TPSA) is 145 Å². The van der Waals surface area contributed by atoms with Crippen LogP contribution in [0.25, 0.3) is 11.3 Å². The molecule has 0 bridgehead atoms. The van der Waals surface area contributed by atoms with Crippen molar-refractivity contribution in [1.29, 1.82) is 5.41 Å². The van der Waals surface area contributed by atoms with Gasteiger partial charge in [0.1, 0.15) is 0 Å². The molecule has 0 unspecified atom stereocenters. The zero-order valence-electron chi connectivity index (χ0n) is 16.8. The van der Waals surface area contributed by atoms with Gasteiger partial charge in [-0.05, 0) is 54.6 Å². The summed E-state index contributed by atoms with van der Waals surface area (Å²) >= 11 is 0. The molecule has 32 heavy (non-hydrogen) atoms. The quantitative estimate of drug-likeness (QED) is 0.407. The standard InChI is InChI=1S/C23H19N5O3S/c24-20-11-6-16(14-19(20)22(29)15-4-2-1-3-5-15)21-12-13-26-23(28-21)27-17-7-9-18(10-8-17)32(25,30)31/h1-14,24,29H,(H2,25,30,31)(H,26,27,28)/p+1/b22-19-,24-20?. The van der Waals surface area contributed by atoms with Crippen LogP contribution in [-0.4, -0.2) is 29.2 Å². The Morgan fingerprint density at radius 1 is 1.00 bits per heavy atom. The summed E-state index contributed by atoms with van der Waals surface area (Å²) in [6.07, 6.45) is 6.78. The van der Waals surface area contributed by atoms with E-state index in [1.165, 1.54) is 12.1 Å². The Bertz CT molecular complexity index is 1380. The lowest BCUT2D eigenvalue weighted by Gasteiger charge is -2.12. The fourth-order valence-electron chi connectivity index (χ4n) is 3.11.